The summed E-state index contributed by atoms with van der Waals surface area (Å²) in [6.45, 7) is 5.89. The quantitative estimate of drug-likeness (QED) is 0.700. The van der Waals surface area contributed by atoms with Gasteiger partial charge in [-0.2, -0.15) is 0 Å². The van der Waals surface area contributed by atoms with E-state index in [9.17, 15) is 4.79 Å². The predicted octanol–water partition coefficient (Wildman–Crippen LogP) is 1.02. The van der Waals surface area contributed by atoms with Crippen molar-refractivity contribution >= 4 is 11.2 Å². The van der Waals surface area contributed by atoms with Gasteiger partial charge in [0.2, 0.25) is 0 Å². The molecule has 0 N–H and O–H groups in total. The van der Waals surface area contributed by atoms with Gasteiger partial charge < -0.3 is 4.57 Å². The van der Waals surface area contributed by atoms with Gasteiger partial charge in [0.15, 0.2) is 11.2 Å². The number of hydrogen-bond donors (Lipinski definition) is 0. The van der Waals surface area contributed by atoms with Crippen LogP contribution in [0.2, 0.25) is 0 Å². The Balaban J connectivity index is 2.90. The van der Waals surface area contributed by atoms with Crippen LogP contribution in [-0.4, -0.2) is 19.1 Å². The number of aryl methyl sites for hydroxylation is 1. The molecule has 0 amide bonds. The van der Waals surface area contributed by atoms with Crippen LogP contribution in [0.1, 0.15) is 25.7 Å². The Morgan fingerprint density at radius 3 is 2.67 bits per heavy atom. The molecule has 2 heterocycles. The van der Waals surface area contributed by atoms with E-state index in [0.717, 1.165) is 0 Å². The molecule has 2 rings (SSSR count). The van der Waals surface area contributed by atoms with Crippen LogP contribution >= 0.6 is 0 Å². The summed E-state index contributed by atoms with van der Waals surface area (Å²) in [6.07, 6.45) is 1.67. The van der Waals surface area contributed by atoms with Crippen molar-refractivity contribution in [2.75, 3.05) is 0 Å². The number of nitrogens with zero attached hydrogens (tertiary/aromatic N) is 4. The summed E-state index contributed by atoms with van der Waals surface area (Å²) in [7, 11) is 1.71. The Labute approximate surface area is 87.4 Å². The zero-order chi connectivity index (χ0) is 11.2. The second-order valence-corrected chi connectivity index (χ2v) is 3.94. The third-order valence-electron chi connectivity index (χ3n) is 2.58. The van der Waals surface area contributed by atoms with E-state index < -0.39 is 0 Å². The van der Waals surface area contributed by atoms with Gasteiger partial charge in [-0.05, 0) is 20.8 Å². The predicted molar refractivity (Wildman–Crippen MR) is 57.9 cm³/mol. The third-order valence-corrected chi connectivity index (χ3v) is 2.58. The molecule has 0 aliphatic rings. The molecule has 0 bridgehead atoms. The van der Waals surface area contributed by atoms with Crippen LogP contribution < -0.4 is 5.56 Å². The summed E-state index contributed by atoms with van der Waals surface area (Å²) in [6, 6.07) is 0.258. The minimum absolute atomic E-state index is 0.0862. The van der Waals surface area contributed by atoms with Gasteiger partial charge in [-0.25, -0.2) is 9.97 Å². The first kappa shape index (κ1) is 9.89. The Hall–Kier alpha value is -1.65. The fourth-order valence-corrected chi connectivity index (χ4v) is 1.53. The van der Waals surface area contributed by atoms with Gasteiger partial charge in [-0.15, -0.1) is 0 Å². The van der Waals surface area contributed by atoms with E-state index in [-0.39, 0.29) is 11.6 Å². The Bertz CT molecular complexity index is 565. The molecule has 0 radical (unpaired) electrons. The van der Waals surface area contributed by atoms with Gasteiger partial charge in [0.05, 0.1) is 6.33 Å². The van der Waals surface area contributed by atoms with E-state index in [4.69, 9.17) is 0 Å². The lowest BCUT2D eigenvalue weighted by atomic mass is 10.4. The van der Waals surface area contributed by atoms with E-state index in [1.54, 1.807) is 13.4 Å². The molecule has 15 heavy (non-hydrogen) atoms. The topological polar surface area (TPSA) is 52.7 Å². The smallest absolute Gasteiger partial charge is 0.281 e. The van der Waals surface area contributed by atoms with Crippen LogP contribution in [0.25, 0.3) is 11.2 Å². The van der Waals surface area contributed by atoms with Gasteiger partial charge in [0.1, 0.15) is 5.82 Å². The van der Waals surface area contributed by atoms with E-state index in [0.29, 0.717) is 17.0 Å². The minimum atomic E-state index is -0.0862. The van der Waals surface area contributed by atoms with Crippen LogP contribution in [-0.2, 0) is 7.05 Å². The maximum Gasteiger partial charge on any atom is 0.281 e. The van der Waals surface area contributed by atoms with Crippen LogP contribution in [0.3, 0.4) is 0 Å². The normalized spacial score (nSPS) is 11.5. The van der Waals surface area contributed by atoms with Crippen LogP contribution in [0.4, 0.5) is 0 Å². The van der Waals surface area contributed by atoms with Crippen molar-refractivity contribution < 1.29 is 0 Å². The molecule has 0 spiro atoms. The molecule has 0 atom stereocenters. The molecule has 0 fully saturated rings. The molecule has 0 saturated carbocycles. The number of aromatic nitrogens is 4. The molecule has 2 aromatic rings. The summed E-state index contributed by atoms with van der Waals surface area (Å²) in [4.78, 5) is 20.3. The van der Waals surface area contributed by atoms with E-state index in [2.05, 4.69) is 9.97 Å². The first-order valence-corrected chi connectivity index (χ1v) is 4.92. The zero-order valence-electron chi connectivity index (χ0n) is 9.35. The summed E-state index contributed by atoms with van der Waals surface area (Å²) < 4.78 is 3.42. The Morgan fingerprint density at radius 2 is 2.07 bits per heavy atom. The number of imidazole rings is 1. The molecular formula is C10H14N4O. The molecule has 2 aromatic heterocycles. The molecule has 80 valence electrons. The fraction of sp³-hybridized carbons (Fsp3) is 0.500. The lowest BCUT2D eigenvalue weighted by Crippen LogP contribution is -2.21. The lowest BCUT2D eigenvalue weighted by molar-refractivity contribution is 0.610. The highest BCUT2D eigenvalue weighted by molar-refractivity contribution is 5.69. The molecule has 0 aliphatic carbocycles. The molecule has 0 unspecified atom stereocenters. The minimum Gasteiger partial charge on any atom is -0.313 e. The fourth-order valence-electron chi connectivity index (χ4n) is 1.53. The van der Waals surface area contributed by atoms with Crippen molar-refractivity contribution in [3.63, 3.8) is 0 Å². The number of hydrogen-bond acceptors (Lipinski definition) is 3. The van der Waals surface area contributed by atoms with Crippen molar-refractivity contribution in [2.45, 2.75) is 26.8 Å². The average Bonchev–Trinajstić information content (AvgIpc) is 2.58. The van der Waals surface area contributed by atoms with E-state index >= 15 is 0 Å². The van der Waals surface area contributed by atoms with Gasteiger partial charge >= 0.3 is 0 Å². The van der Waals surface area contributed by atoms with E-state index in [1.165, 1.54) is 4.57 Å². The van der Waals surface area contributed by atoms with Crippen molar-refractivity contribution in [1.29, 1.82) is 0 Å². The monoisotopic (exact) mass is 206 g/mol. The largest absolute Gasteiger partial charge is 0.313 e. The summed E-state index contributed by atoms with van der Waals surface area (Å²) in [5.74, 6) is 0.704. The van der Waals surface area contributed by atoms with Crippen molar-refractivity contribution in [3.05, 3.63) is 22.5 Å². The maximum absolute atomic E-state index is 11.8. The summed E-state index contributed by atoms with van der Waals surface area (Å²) in [5.41, 5.74) is 1.03. The molecular weight excluding hydrogens is 192 g/mol. The highest BCUT2D eigenvalue weighted by atomic mass is 16.1. The van der Waals surface area contributed by atoms with Crippen molar-refractivity contribution in [2.24, 2.45) is 7.05 Å². The van der Waals surface area contributed by atoms with Crippen LogP contribution in [0.5, 0.6) is 0 Å². The van der Waals surface area contributed by atoms with Crippen molar-refractivity contribution in [3.8, 4) is 0 Å². The molecule has 0 saturated heterocycles. The standard InChI is InChI=1S/C10H14N4O/c1-6(2)14-5-11-8-9(14)12-7(3)13(4)10(8)15/h5-6H,1-4H3. The highest BCUT2D eigenvalue weighted by Crippen LogP contribution is 2.12. The van der Waals surface area contributed by atoms with Gasteiger partial charge in [0.25, 0.3) is 5.56 Å². The number of fused-ring (bicyclic) bond motifs is 1. The average molecular weight is 206 g/mol. The zero-order valence-corrected chi connectivity index (χ0v) is 9.35. The van der Waals surface area contributed by atoms with Crippen LogP contribution in [0, 0.1) is 6.92 Å². The maximum atomic E-state index is 11.8. The van der Waals surface area contributed by atoms with Gasteiger partial charge in [0, 0.05) is 13.1 Å². The SMILES string of the molecule is Cc1nc2c(ncn2C(C)C)c(=O)n1C. The van der Waals surface area contributed by atoms with Gasteiger partial charge in [-0.1, -0.05) is 0 Å². The Morgan fingerprint density at radius 1 is 1.40 bits per heavy atom. The summed E-state index contributed by atoms with van der Waals surface area (Å²) >= 11 is 0. The third kappa shape index (κ3) is 1.35. The Kier molecular flexibility index (Phi) is 2.10. The summed E-state index contributed by atoms with van der Waals surface area (Å²) in [5, 5.41) is 0. The van der Waals surface area contributed by atoms with Crippen molar-refractivity contribution in [1.82, 2.24) is 19.1 Å². The first-order valence-electron chi connectivity index (χ1n) is 4.92. The molecule has 0 aliphatic heterocycles. The second kappa shape index (κ2) is 3.18. The van der Waals surface area contributed by atoms with Crippen LogP contribution in [0.15, 0.2) is 11.1 Å². The molecule has 0 aromatic carbocycles. The molecule has 5 heteroatoms. The van der Waals surface area contributed by atoms with E-state index in [1.807, 2.05) is 25.3 Å². The second-order valence-electron chi connectivity index (χ2n) is 3.94. The number of rotatable bonds is 1. The van der Waals surface area contributed by atoms with Gasteiger partial charge in [-0.3, -0.25) is 9.36 Å². The lowest BCUT2D eigenvalue weighted by Gasteiger charge is -2.08. The highest BCUT2D eigenvalue weighted by Gasteiger charge is 2.12. The molecule has 5 nitrogen and oxygen atoms in total. The first-order chi connectivity index (χ1) is 7.02.